The lowest BCUT2D eigenvalue weighted by Gasteiger charge is -2.05. The van der Waals surface area contributed by atoms with Crippen LogP contribution in [0.25, 0.3) is 88.8 Å². The van der Waals surface area contributed by atoms with E-state index in [9.17, 15) is 0 Å². The highest BCUT2D eigenvalue weighted by Gasteiger charge is 2.14. The van der Waals surface area contributed by atoms with E-state index in [2.05, 4.69) is 143 Å². The predicted molar refractivity (Wildman–Crippen MR) is 184 cm³/mol. The number of benzene rings is 6. The van der Waals surface area contributed by atoms with E-state index in [0.717, 1.165) is 22.3 Å². The van der Waals surface area contributed by atoms with Gasteiger partial charge in [0.25, 0.3) is 0 Å². The summed E-state index contributed by atoms with van der Waals surface area (Å²) in [6.07, 6.45) is 0. The van der Waals surface area contributed by atoms with Gasteiger partial charge in [0.1, 0.15) is 0 Å². The van der Waals surface area contributed by atoms with Crippen molar-refractivity contribution in [2.45, 2.75) is 0 Å². The van der Waals surface area contributed by atoms with Gasteiger partial charge in [-0.25, -0.2) is 0 Å². The molecule has 9 aromatic rings. The second-order valence-electron chi connectivity index (χ2n) is 11.7. The van der Waals surface area contributed by atoms with Crippen LogP contribution < -0.4 is 0 Å². The Balaban J connectivity index is 0.980. The largest absolute Gasteiger partial charge is 0.416 e. The summed E-state index contributed by atoms with van der Waals surface area (Å²) < 4.78 is 10.6. The fourth-order valence-electron chi connectivity index (χ4n) is 6.76. The van der Waals surface area contributed by atoms with Crippen molar-refractivity contribution in [1.29, 1.82) is 0 Å². The zero-order chi connectivity index (χ0) is 30.1. The normalized spacial score (nSPS) is 11.8. The molecular weight excluding hydrogens is 552 g/mol. The molecule has 3 heterocycles. The number of rotatable bonds is 4. The van der Waals surface area contributed by atoms with Gasteiger partial charge < -0.3 is 13.6 Å². The number of hydrogen-bond donors (Lipinski definition) is 0. The SMILES string of the molecule is Cn1c2ccccc2c2cc(-c3ccc(-c4nnc(-c5ccc(-c6ccc7c(c6)c6ccccc6n7C)cc5)o4)cc3)ccc21. The smallest absolute Gasteiger partial charge is 0.248 e. The van der Waals surface area contributed by atoms with Gasteiger partial charge in [0.2, 0.25) is 11.8 Å². The molecule has 45 heavy (non-hydrogen) atoms. The maximum atomic E-state index is 6.14. The highest BCUT2D eigenvalue weighted by Crippen LogP contribution is 2.35. The van der Waals surface area contributed by atoms with Crippen LogP contribution in [0.1, 0.15) is 0 Å². The van der Waals surface area contributed by atoms with Gasteiger partial charge in [-0.15, -0.1) is 10.2 Å². The molecule has 6 aromatic carbocycles. The Morgan fingerprint density at radius 2 is 0.733 bits per heavy atom. The quantitative estimate of drug-likeness (QED) is 0.208. The first-order valence-electron chi connectivity index (χ1n) is 15.1. The Hall–Kier alpha value is -5.94. The summed E-state index contributed by atoms with van der Waals surface area (Å²) >= 11 is 0. The van der Waals surface area contributed by atoms with E-state index < -0.39 is 0 Å². The lowest BCUT2D eigenvalue weighted by atomic mass is 10.0. The van der Waals surface area contributed by atoms with Crippen LogP contribution in [0, 0.1) is 0 Å². The molecule has 0 amide bonds. The Morgan fingerprint density at radius 1 is 0.378 bits per heavy atom. The summed E-state index contributed by atoms with van der Waals surface area (Å²) in [7, 11) is 4.25. The number of fused-ring (bicyclic) bond motifs is 6. The molecule has 3 aromatic heterocycles. The minimum atomic E-state index is 0.506. The molecule has 9 rings (SSSR count). The number of aryl methyl sites for hydroxylation is 2. The van der Waals surface area contributed by atoms with Crippen molar-refractivity contribution in [3.63, 3.8) is 0 Å². The average Bonchev–Trinajstić information content (AvgIpc) is 3.79. The minimum Gasteiger partial charge on any atom is -0.416 e. The third kappa shape index (κ3) is 4.01. The highest BCUT2D eigenvalue weighted by atomic mass is 16.4. The fourth-order valence-corrected chi connectivity index (χ4v) is 6.76. The summed E-state index contributed by atoms with van der Waals surface area (Å²) in [5.74, 6) is 1.01. The van der Waals surface area contributed by atoms with Gasteiger partial charge in [-0.3, -0.25) is 0 Å². The molecule has 0 aliphatic heterocycles. The molecule has 5 nitrogen and oxygen atoms in total. The minimum absolute atomic E-state index is 0.506. The number of aromatic nitrogens is 4. The molecular formula is C40H28N4O. The van der Waals surface area contributed by atoms with Crippen LogP contribution in [0.3, 0.4) is 0 Å². The highest BCUT2D eigenvalue weighted by molar-refractivity contribution is 6.10. The van der Waals surface area contributed by atoms with E-state index in [-0.39, 0.29) is 0 Å². The first-order valence-corrected chi connectivity index (χ1v) is 15.1. The number of hydrogen-bond acceptors (Lipinski definition) is 3. The van der Waals surface area contributed by atoms with Gasteiger partial charge in [0.15, 0.2) is 0 Å². The van der Waals surface area contributed by atoms with Crippen LogP contribution in [0.4, 0.5) is 0 Å². The maximum Gasteiger partial charge on any atom is 0.248 e. The molecule has 214 valence electrons. The number of nitrogens with zero attached hydrogens (tertiary/aromatic N) is 4. The predicted octanol–water partition coefficient (Wildman–Crippen LogP) is 10.0. The molecule has 0 saturated carbocycles. The zero-order valence-corrected chi connectivity index (χ0v) is 24.9. The third-order valence-electron chi connectivity index (χ3n) is 9.18. The first kappa shape index (κ1) is 25.5. The molecule has 0 atom stereocenters. The van der Waals surface area contributed by atoms with Gasteiger partial charge in [-0.2, -0.15) is 0 Å². The lowest BCUT2D eigenvalue weighted by Crippen LogP contribution is -1.86. The molecule has 0 unspecified atom stereocenters. The molecule has 0 bridgehead atoms. The fraction of sp³-hybridized carbons (Fsp3) is 0.0500. The standard InChI is InChI=1S/C40H28N4O/c1-43-35-9-5-3-7-31(35)33-23-29(19-21-37(33)43)25-11-15-27(16-12-25)39-41-42-40(45-39)28-17-13-26(14-18-28)30-20-22-38-34(24-30)32-8-4-6-10-36(32)44(38)2/h3-24H,1-2H3. The summed E-state index contributed by atoms with van der Waals surface area (Å²) in [5.41, 5.74) is 11.4. The van der Waals surface area contributed by atoms with Gasteiger partial charge in [-0.05, 0) is 82.9 Å². The first-order chi connectivity index (χ1) is 22.1. The Labute approximate surface area is 259 Å². The van der Waals surface area contributed by atoms with Gasteiger partial charge in [0, 0.05) is 68.8 Å². The van der Waals surface area contributed by atoms with Gasteiger partial charge in [-0.1, -0.05) is 72.8 Å². The second kappa shape index (κ2) is 9.79. The molecule has 0 fully saturated rings. The van der Waals surface area contributed by atoms with Crippen LogP contribution >= 0.6 is 0 Å². The average molecular weight is 581 g/mol. The van der Waals surface area contributed by atoms with E-state index in [1.807, 2.05) is 24.3 Å². The van der Waals surface area contributed by atoms with E-state index in [1.165, 1.54) is 54.7 Å². The van der Waals surface area contributed by atoms with Crippen molar-refractivity contribution in [1.82, 2.24) is 19.3 Å². The molecule has 0 saturated heterocycles. The monoisotopic (exact) mass is 580 g/mol. The van der Waals surface area contributed by atoms with Gasteiger partial charge in [0.05, 0.1) is 0 Å². The summed E-state index contributed by atoms with van der Waals surface area (Å²) in [4.78, 5) is 0. The van der Waals surface area contributed by atoms with E-state index in [0.29, 0.717) is 11.8 Å². The molecule has 0 aliphatic carbocycles. The van der Waals surface area contributed by atoms with Crippen LogP contribution in [0.5, 0.6) is 0 Å². The molecule has 0 radical (unpaired) electrons. The molecule has 5 heteroatoms. The lowest BCUT2D eigenvalue weighted by molar-refractivity contribution is 0.584. The van der Waals surface area contributed by atoms with Gasteiger partial charge >= 0.3 is 0 Å². The Kier molecular flexibility index (Phi) is 5.56. The van der Waals surface area contributed by atoms with Crippen LogP contribution in [0.2, 0.25) is 0 Å². The molecule has 0 spiro atoms. The maximum absolute atomic E-state index is 6.14. The zero-order valence-electron chi connectivity index (χ0n) is 24.9. The van der Waals surface area contributed by atoms with E-state index >= 15 is 0 Å². The topological polar surface area (TPSA) is 48.8 Å². The van der Waals surface area contributed by atoms with Crippen molar-refractivity contribution < 1.29 is 4.42 Å². The molecule has 0 N–H and O–H groups in total. The third-order valence-corrected chi connectivity index (χ3v) is 9.18. The van der Waals surface area contributed by atoms with Crippen molar-refractivity contribution in [3.05, 3.63) is 133 Å². The second-order valence-corrected chi connectivity index (χ2v) is 11.7. The van der Waals surface area contributed by atoms with Crippen molar-refractivity contribution in [2.75, 3.05) is 0 Å². The molecule has 0 aliphatic rings. The van der Waals surface area contributed by atoms with Crippen molar-refractivity contribution >= 4 is 43.6 Å². The Morgan fingerprint density at radius 3 is 1.18 bits per heavy atom. The van der Waals surface area contributed by atoms with Crippen molar-refractivity contribution in [3.8, 4) is 45.2 Å². The summed E-state index contributed by atoms with van der Waals surface area (Å²) in [6.45, 7) is 0. The van der Waals surface area contributed by atoms with E-state index in [1.54, 1.807) is 0 Å². The van der Waals surface area contributed by atoms with Crippen LogP contribution in [0.15, 0.2) is 138 Å². The van der Waals surface area contributed by atoms with Crippen LogP contribution in [-0.4, -0.2) is 19.3 Å². The summed E-state index contributed by atoms with van der Waals surface area (Å²) in [6, 6.07) is 47.1. The number of para-hydroxylation sites is 2. The van der Waals surface area contributed by atoms with Crippen molar-refractivity contribution in [2.24, 2.45) is 14.1 Å². The summed E-state index contributed by atoms with van der Waals surface area (Å²) in [5, 5.41) is 13.8. The van der Waals surface area contributed by atoms with Crippen LogP contribution in [-0.2, 0) is 14.1 Å². The Bertz CT molecular complexity index is 2370. The van der Waals surface area contributed by atoms with E-state index in [4.69, 9.17) is 4.42 Å².